The third kappa shape index (κ3) is 2.07. The quantitative estimate of drug-likeness (QED) is 0.802. The van der Waals surface area contributed by atoms with Crippen molar-refractivity contribution in [3.8, 4) is 11.1 Å². The number of benzene rings is 1. The average molecular weight is 221 g/mol. The molecule has 2 rings (SSSR count). The fourth-order valence-electron chi connectivity index (χ4n) is 1.35. The Morgan fingerprint density at radius 1 is 1.27 bits per heavy atom. The van der Waals surface area contributed by atoms with Crippen molar-refractivity contribution in [1.82, 2.24) is 10.2 Å². The van der Waals surface area contributed by atoms with E-state index in [0.717, 1.165) is 11.3 Å². The molecule has 0 unspecified atom stereocenters. The second kappa shape index (κ2) is 3.87. The van der Waals surface area contributed by atoms with Crippen LogP contribution in [0.4, 0.5) is 0 Å². The maximum Gasteiger partial charge on any atom is 0.272 e. The molecule has 1 N–H and O–H groups in total. The van der Waals surface area contributed by atoms with Gasteiger partial charge in [-0.15, -0.1) is 0 Å². The van der Waals surface area contributed by atoms with Crippen molar-refractivity contribution in [3.05, 3.63) is 51.4 Å². The van der Waals surface area contributed by atoms with Gasteiger partial charge in [0, 0.05) is 5.02 Å². The molecule has 0 amide bonds. The van der Waals surface area contributed by atoms with Crippen molar-refractivity contribution in [2.24, 2.45) is 0 Å². The van der Waals surface area contributed by atoms with E-state index in [2.05, 4.69) is 10.2 Å². The van der Waals surface area contributed by atoms with E-state index in [-0.39, 0.29) is 5.56 Å². The molecule has 0 saturated heterocycles. The molecule has 3 nitrogen and oxygen atoms in total. The number of aromatic nitrogens is 2. The molecule has 76 valence electrons. The van der Waals surface area contributed by atoms with Gasteiger partial charge in [0.15, 0.2) is 0 Å². The minimum absolute atomic E-state index is 0.192. The van der Waals surface area contributed by atoms with Crippen LogP contribution in [0.1, 0.15) is 5.69 Å². The van der Waals surface area contributed by atoms with Crippen molar-refractivity contribution in [1.29, 1.82) is 0 Å². The van der Waals surface area contributed by atoms with E-state index in [4.69, 9.17) is 11.6 Å². The summed E-state index contributed by atoms with van der Waals surface area (Å²) in [5.74, 6) is 0. The summed E-state index contributed by atoms with van der Waals surface area (Å²) in [6.07, 6.45) is 0. The number of nitrogens with zero attached hydrogens (tertiary/aromatic N) is 1. The molecular formula is C11H9ClN2O. The molecule has 0 fully saturated rings. The number of rotatable bonds is 1. The maximum atomic E-state index is 11.5. The summed E-state index contributed by atoms with van der Waals surface area (Å²) < 4.78 is 0. The Hall–Kier alpha value is -1.61. The number of halogens is 1. The summed E-state index contributed by atoms with van der Waals surface area (Å²) in [6.45, 7) is 1.83. The molecular weight excluding hydrogens is 212 g/mol. The van der Waals surface area contributed by atoms with Crippen molar-refractivity contribution in [3.63, 3.8) is 0 Å². The molecule has 1 heterocycles. The van der Waals surface area contributed by atoms with Crippen LogP contribution in [0.3, 0.4) is 0 Å². The molecule has 4 heteroatoms. The van der Waals surface area contributed by atoms with Crippen LogP contribution in [-0.2, 0) is 0 Å². The molecule has 2 aromatic rings. The van der Waals surface area contributed by atoms with E-state index in [0.29, 0.717) is 10.6 Å². The molecule has 0 aliphatic rings. The first-order valence-electron chi connectivity index (χ1n) is 4.49. The van der Waals surface area contributed by atoms with Gasteiger partial charge in [-0.25, -0.2) is 5.10 Å². The summed E-state index contributed by atoms with van der Waals surface area (Å²) in [5.41, 5.74) is 2.03. The van der Waals surface area contributed by atoms with Crippen LogP contribution < -0.4 is 5.56 Å². The Morgan fingerprint density at radius 3 is 2.60 bits per heavy atom. The SMILES string of the molecule is Cc1cc(-c2ccc(Cl)cc2)c(=O)[nH]n1. The summed E-state index contributed by atoms with van der Waals surface area (Å²) >= 11 is 5.77. The smallest absolute Gasteiger partial charge is 0.267 e. The van der Waals surface area contributed by atoms with Crippen molar-refractivity contribution >= 4 is 11.6 Å². The highest BCUT2D eigenvalue weighted by Gasteiger charge is 2.03. The number of H-pyrrole nitrogens is 1. The number of hydrogen-bond acceptors (Lipinski definition) is 2. The second-order valence-corrected chi connectivity index (χ2v) is 3.70. The third-order valence-electron chi connectivity index (χ3n) is 2.09. The van der Waals surface area contributed by atoms with Crippen LogP contribution in [0.15, 0.2) is 35.1 Å². The monoisotopic (exact) mass is 220 g/mol. The highest BCUT2D eigenvalue weighted by Crippen LogP contribution is 2.18. The van der Waals surface area contributed by atoms with Gasteiger partial charge in [0.1, 0.15) is 0 Å². The zero-order valence-electron chi connectivity index (χ0n) is 8.12. The Balaban J connectivity index is 2.58. The molecule has 0 spiro atoms. The van der Waals surface area contributed by atoms with Crippen LogP contribution in [0.5, 0.6) is 0 Å². The van der Waals surface area contributed by atoms with E-state index < -0.39 is 0 Å². The van der Waals surface area contributed by atoms with E-state index in [1.54, 1.807) is 18.2 Å². The molecule has 0 bridgehead atoms. The Bertz CT molecular complexity index is 531. The van der Waals surface area contributed by atoms with Crippen molar-refractivity contribution < 1.29 is 0 Å². The largest absolute Gasteiger partial charge is 0.272 e. The van der Waals surface area contributed by atoms with Gasteiger partial charge < -0.3 is 0 Å². The molecule has 0 saturated carbocycles. The zero-order chi connectivity index (χ0) is 10.8. The first-order valence-corrected chi connectivity index (χ1v) is 4.87. The molecule has 0 atom stereocenters. The first-order chi connectivity index (χ1) is 7.16. The molecule has 0 aliphatic heterocycles. The summed E-state index contributed by atoms with van der Waals surface area (Å²) in [6, 6.07) is 8.89. The fourth-order valence-corrected chi connectivity index (χ4v) is 1.48. The lowest BCUT2D eigenvalue weighted by molar-refractivity contribution is 0.949. The van der Waals surface area contributed by atoms with E-state index in [9.17, 15) is 4.79 Å². The van der Waals surface area contributed by atoms with Gasteiger partial charge >= 0.3 is 0 Å². The highest BCUT2D eigenvalue weighted by atomic mass is 35.5. The van der Waals surface area contributed by atoms with E-state index in [1.165, 1.54) is 0 Å². The first kappa shape index (κ1) is 9.93. The van der Waals surface area contributed by atoms with Gasteiger partial charge in [0.05, 0.1) is 11.3 Å². The second-order valence-electron chi connectivity index (χ2n) is 3.26. The molecule has 0 aliphatic carbocycles. The highest BCUT2D eigenvalue weighted by molar-refractivity contribution is 6.30. The molecule has 15 heavy (non-hydrogen) atoms. The van der Waals surface area contributed by atoms with Crippen molar-refractivity contribution in [2.75, 3.05) is 0 Å². The lowest BCUT2D eigenvalue weighted by Gasteiger charge is -2.00. The predicted molar refractivity (Wildman–Crippen MR) is 60.0 cm³/mol. The van der Waals surface area contributed by atoms with Crippen LogP contribution in [0, 0.1) is 6.92 Å². The number of aromatic amines is 1. The van der Waals surface area contributed by atoms with Gasteiger partial charge in [-0.3, -0.25) is 4.79 Å². The summed E-state index contributed by atoms with van der Waals surface area (Å²) in [5, 5.41) is 6.92. The maximum absolute atomic E-state index is 11.5. The van der Waals surface area contributed by atoms with Crippen LogP contribution >= 0.6 is 11.6 Å². The zero-order valence-corrected chi connectivity index (χ0v) is 8.88. The summed E-state index contributed by atoms with van der Waals surface area (Å²) in [4.78, 5) is 11.5. The number of nitrogens with one attached hydrogen (secondary N) is 1. The van der Waals surface area contributed by atoms with Gasteiger partial charge in [0.2, 0.25) is 0 Å². The number of hydrogen-bond donors (Lipinski definition) is 1. The lowest BCUT2D eigenvalue weighted by atomic mass is 10.1. The van der Waals surface area contributed by atoms with Crippen molar-refractivity contribution in [2.45, 2.75) is 6.92 Å². The Kier molecular flexibility index (Phi) is 2.56. The minimum atomic E-state index is -0.192. The fraction of sp³-hybridized carbons (Fsp3) is 0.0909. The van der Waals surface area contributed by atoms with Gasteiger partial charge in [-0.1, -0.05) is 23.7 Å². The number of aryl methyl sites for hydroxylation is 1. The van der Waals surface area contributed by atoms with Gasteiger partial charge in [-0.05, 0) is 30.7 Å². The summed E-state index contributed by atoms with van der Waals surface area (Å²) in [7, 11) is 0. The van der Waals surface area contributed by atoms with E-state index in [1.807, 2.05) is 19.1 Å². The van der Waals surface area contributed by atoms with E-state index >= 15 is 0 Å². The Labute approximate surface area is 91.7 Å². The third-order valence-corrected chi connectivity index (χ3v) is 2.34. The normalized spacial score (nSPS) is 10.3. The topological polar surface area (TPSA) is 45.8 Å². The predicted octanol–water partition coefficient (Wildman–Crippen LogP) is 2.40. The Morgan fingerprint density at radius 2 is 1.93 bits per heavy atom. The van der Waals surface area contributed by atoms with Crippen LogP contribution in [0.25, 0.3) is 11.1 Å². The van der Waals surface area contributed by atoms with Crippen LogP contribution in [0.2, 0.25) is 5.02 Å². The van der Waals surface area contributed by atoms with Crippen LogP contribution in [-0.4, -0.2) is 10.2 Å². The molecule has 1 aromatic carbocycles. The lowest BCUT2D eigenvalue weighted by Crippen LogP contribution is -2.11. The average Bonchev–Trinajstić information content (AvgIpc) is 2.23. The standard InChI is InChI=1S/C11H9ClN2O/c1-7-6-10(11(15)14-13-7)8-2-4-9(12)5-3-8/h2-6H,1H3,(H,14,15). The minimum Gasteiger partial charge on any atom is -0.267 e. The van der Waals surface area contributed by atoms with Gasteiger partial charge in [-0.2, -0.15) is 5.10 Å². The molecule has 1 aromatic heterocycles. The molecule has 0 radical (unpaired) electrons. The van der Waals surface area contributed by atoms with Gasteiger partial charge in [0.25, 0.3) is 5.56 Å².